The molecule has 1 saturated heterocycles. The molecule has 0 aliphatic carbocycles. The van der Waals surface area contributed by atoms with E-state index in [1.807, 2.05) is 6.07 Å². The second-order valence-corrected chi connectivity index (χ2v) is 6.91. The van der Waals surface area contributed by atoms with Crippen LogP contribution in [0.15, 0.2) is 54.6 Å². The van der Waals surface area contributed by atoms with E-state index in [0.29, 0.717) is 56.7 Å². The Balaban J connectivity index is 1.37. The Morgan fingerprint density at radius 3 is 2.21 bits per heavy atom. The smallest absolute Gasteiger partial charge is 0.254 e. The van der Waals surface area contributed by atoms with Crippen molar-refractivity contribution in [1.29, 1.82) is 0 Å². The lowest BCUT2D eigenvalue weighted by atomic mass is 10.1. The van der Waals surface area contributed by atoms with Crippen molar-refractivity contribution in [2.45, 2.75) is 12.8 Å². The van der Waals surface area contributed by atoms with Gasteiger partial charge in [-0.3, -0.25) is 14.4 Å². The Morgan fingerprint density at radius 1 is 0.862 bits per heavy atom. The number of halogens is 1. The standard InChI is InChI=1S/C22H24FN3O3/c23-19-9-4-8-18(16-19)22(29)26-14-12-25(13-15-26)20(27)10-5-11-24-21(28)17-6-2-1-3-7-17/h1-4,6-9,16H,5,10-15H2,(H,24,28). The van der Waals surface area contributed by atoms with Crippen LogP contribution in [0.25, 0.3) is 0 Å². The summed E-state index contributed by atoms with van der Waals surface area (Å²) in [4.78, 5) is 40.1. The third kappa shape index (κ3) is 5.63. The van der Waals surface area contributed by atoms with Gasteiger partial charge in [0.1, 0.15) is 5.82 Å². The van der Waals surface area contributed by atoms with Gasteiger partial charge in [0.2, 0.25) is 5.91 Å². The van der Waals surface area contributed by atoms with Crippen molar-refractivity contribution in [3.8, 4) is 0 Å². The first-order valence-electron chi connectivity index (χ1n) is 9.70. The van der Waals surface area contributed by atoms with Gasteiger partial charge in [-0.1, -0.05) is 24.3 Å². The van der Waals surface area contributed by atoms with Crippen molar-refractivity contribution in [2.24, 2.45) is 0 Å². The Kier molecular flexibility index (Phi) is 6.94. The fourth-order valence-electron chi connectivity index (χ4n) is 3.25. The number of amides is 3. The zero-order chi connectivity index (χ0) is 20.6. The summed E-state index contributed by atoms with van der Waals surface area (Å²) >= 11 is 0. The van der Waals surface area contributed by atoms with Crippen LogP contribution in [-0.4, -0.2) is 60.2 Å². The summed E-state index contributed by atoms with van der Waals surface area (Å²) in [5, 5.41) is 2.81. The zero-order valence-electron chi connectivity index (χ0n) is 16.1. The molecule has 0 spiro atoms. The van der Waals surface area contributed by atoms with E-state index in [1.54, 1.807) is 40.1 Å². The van der Waals surface area contributed by atoms with Crippen LogP contribution in [-0.2, 0) is 4.79 Å². The van der Waals surface area contributed by atoms with Crippen molar-refractivity contribution >= 4 is 17.7 Å². The number of carbonyl (C=O) groups excluding carboxylic acids is 3. The minimum atomic E-state index is -0.441. The predicted molar refractivity (Wildman–Crippen MR) is 107 cm³/mol. The lowest BCUT2D eigenvalue weighted by molar-refractivity contribution is -0.132. The molecule has 1 aliphatic heterocycles. The number of rotatable bonds is 6. The second-order valence-electron chi connectivity index (χ2n) is 6.91. The Hall–Kier alpha value is -3.22. The summed E-state index contributed by atoms with van der Waals surface area (Å²) in [6.45, 7) is 2.18. The molecule has 6 nitrogen and oxygen atoms in total. The Labute approximate surface area is 169 Å². The SMILES string of the molecule is O=C(NCCCC(=O)N1CCN(C(=O)c2cccc(F)c2)CC1)c1ccccc1. The van der Waals surface area contributed by atoms with Crippen LogP contribution in [0.2, 0.25) is 0 Å². The molecule has 1 fully saturated rings. The third-order valence-electron chi connectivity index (χ3n) is 4.88. The van der Waals surface area contributed by atoms with E-state index >= 15 is 0 Å². The summed E-state index contributed by atoms with van der Waals surface area (Å²) < 4.78 is 13.3. The van der Waals surface area contributed by atoms with Gasteiger partial charge in [0, 0.05) is 50.3 Å². The van der Waals surface area contributed by atoms with E-state index in [-0.39, 0.29) is 17.7 Å². The second kappa shape index (κ2) is 9.82. The molecule has 0 saturated carbocycles. The Morgan fingerprint density at radius 2 is 1.52 bits per heavy atom. The fraction of sp³-hybridized carbons (Fsp3) is 0.318. The molecule has 0 atom stereocenters. The molecule has 3 rings (SSSR count). The molecule has 152 valence electrons. The largest absolute Gasteiger partial charge is 0.352 e. The number of hydrogen-bond donors (Lipinski definition) is 1. The van der Waals surface area contributed by atoms with Crippen molar-refractivity contribution in [3.63, 3.8) is 0 Å². The van der Waals surface area contributed by atoms with Crippen LogP contribution < -0.4 is 5.32 Å². The van der Waals surface area contributed by atoms with E-state index in [4.69, 9.17) is 0 Å². The van der Waals surface area contributed by atoms with Gasteiger partial charge in [0.25, 0.3) is 11.8 Å². The molecule has 0 radical (unpaired) electrons. The quantitative estimate of drug-likeness (QED) is 0.761. The van der Waals surface area contributed by atoms with Crippen LogP contribution in [0.4, 0.5) is 4.39 Å². The summed E-state index contributed by atoms with van der Waals surface area (Å²) in [5.41, 5.74) is 0.914. The molecule has 0 unspecified atom stereocenters. The highest BCUT2D eigenvalue weighted by molar-refractivity contribution is 5.94. The molecule has 3 amide bonds. The van der Waals surface area contributed by atoms with E-state index in [0.717, 1.165) is 0 Å². The number of hydrogen-bond acceptors (Lipinski definition) is 3. The minimum Gasteiger partial charge on any atom is -0.352 e. The van der Waals surface area contributed by atoms with Gasteiger partial charge >= 0.3 is 0 Å². The molecule has 7 heteroatoms. The highest BCUT2D eigenvalue weighted by Gasteiger charge is 2.24. The summed E-state index contributed by atoms with van der Waals surface area (Å²) in [7, 11) is 0. The highest BCUT2D eigenvalue weighted by atomic mass is 19.1. The van der Waals surface area contributed by atoms with E-state index < -0.39 is 5.82 Å². The van der Waals surface area contributed by atoms with E-state index in [1.165, 1.54) is 18.2 Å². The maximum Gasteiger partial charge on any atom is 0.254 e. The number of nitrogens with one attached hydrogen (secondary N) is 1. The topological polar surface area (TPSA) is 69.7 Å². The maximum absolute atomic E-state index is 13.3. The van der Waals surface area contributed by atoms with Crippen molar-refractivity contribution in [3.05, 3.63) is 71.5 Å². The Bertz CT molecular complexity index is 865. The predicted octanol–water partition coefficient (Wildman–Crippen LogP) is 2.32. The summed E-state index contributed by atoms with van der Waals surface area (Å²) in [6, 6.07) is 14.6. The molecule has 29 heavy (non-hydrogen) atoms. The van der Waals surface area contributed by atoms with Gasteiger partial charge in [0.15, 0.2) is 0 Å². The molecular formula is C22H24FN3O3. The fourth-order valence-corrected chi connectivity index (χ4v) is 3.25. The van der Waals surface area contributed by atoms with Crippen LogP contribution in [0.1, 0.15) is 33.6 Å². The van der Waals surface area contributed by atoms with Crippen LogP contribution in [0.5, 0.6) is 0 Å². The van der Waals surface area contributed by atoms with Crippen molar-refractivity contribution < 1.29 is 18.8 Å². The van der Waals surface area contributed by atoms with Gasteiger partial charge in [-0.25, -0.2) is 4.39 Å². The number of carbonyl (C=O) groups is 3. The average Bonchev–Trinajstić information content (AvgIpc) is 2.76. The molecule has 1 aliphatic rings. The highest BCUT2D eigenvalue weighted by Crippen LogP contribution is 2.11. The number of nitrogens with zero attached hydrogens (tertiary/aromatic N) is 2. The summed E-state index contributed by atoms with van der Waals surface area (Å²) in [6.07, 6.45) is 0.896. The van der Waals surface area contributed by atoms with Gasteiger partial charge in [-0.15, -0.1) is 0 Å². The van der Waals surface area contributed by atoms with Crippen LogP contribution in [0, 0.1) is 5.82 Å². The third-order valence-corrected chi connectivity index (χ3v) is 4.88. The van der Waals surface area contributed by atoms with E-state index in [2.05, 4.69) is 5.32 Å². The lowest BCUT2D eigenvalue weighted by Gasteiger charge is -2.35. The first-order chi connectivity index (χ1) is 14.0. The van der Waals surface area contributed by atoms with Gasteiger partial charge in [-0.2, -0.15) is 0 Å². The molecule has 2 aromatic rings. The lowest BCUT2D eigenvalue weighted by Crippen LogP contribution is -2.50. The normalized spacial score (nSPS) is 13.8. The molecule has 0 aromatic heterocycles. The van der Waals surface area contributed by atoms with Crippen molar-refractivity contribution in [1.82, 2.24) is 15.1 Å². The van der Waals surface area contributed by atoms with Crippen LogP contribution in [0.3, 0.4) is 0 Å². The minimum absolute atomic E-state index is 0.0109. The summed E-state index contributed by atoms with van der Waals surface area (Å²) in [5.74, 6) is -0.802. The van der Waals surface area contributed by atoms with Gasteiger partial charge in [0.05, 0.1) is 0 Å². The number of piperazine rings is 1. The first-order valence-corrected chi connectivity index (χ1v) is 9.70. The van der Waals surface area contributed by atoms with Gasteiger partial charge in [-0.05, 0) is 36.8 Å². The maximum atomic E-state index is 13.3. The van der Waals surface area contributed by atoms with Crippen molar-refractivity contribution in [2.75, 3.05) is 32.7 Å². The van der Waals surface area contributed by atoms with Gasteiger partial charge < -0.3 is 15.1 Å². The zero-order valence-corrected chi connectivity index (χ0v) is 16.1. The number of benzene rings is 2. The molecule has 1 heterocycles. The first kappa shape index (κ1) is 20.5. The molecule has 0 bridgehead atoms. The van der Waals surface area contributed by atoms with Crippen LogP contribution >= 0.6 is 0 Å². The monoisotopic (exact) mass is 397 g/mol. The van der Waals surface area contributed by atoms with E-state index in [9.17, 15) is 18.8 Å². The molecule has 2 aromatic carbocycles. The molecule has 1 N–H and O–H groups in total. The molecular weight excluding hydrogens is 373 g/mol. The average molecular weight is 397 g/mol.